The molecule has 43 heavy (non-hydrogen) atoms. The van der Waals surface area contributed by atoms with Gasteiger partial charge in [0.15, 0.2) is 11.5 Å². The maximum absolute atomic E-state index is 14.1. The minimum Gasteiger partial charge on any atom is -0.497 e. The lowest BCUT2D eigenvalue weighted by atomic mass is 10.1. The summed E-state index contributed by atoms with van der Waals surface area (Å²) in [6.07, 6.45) is 0.715. The van der Waals surface area contributed by atoms with Crippen LogP contribution in [0, 0.1) is 6.92 Å². The van der Waals surface area contributed by atoms with Gasteiger partial charge in [0.05, 0.1) is 31.9 Å². The molecule has 0 bridgehead atoms. The summed E-state index contributed by atoms with van der Waals surface area (Å²) >= 11 is 0. The second-order valence-corrected chi connectivity index (χ2v) is 12.1. The highest BCUT2D eigenvalue weighted by atomic mass is 32.2. The highest BCUT2D eigenvalue weighted by Gasteiger charge is 2.33. The molecule has 1 N–H and O–H groups in total. The Morgan fingerprint density at radius 2 is 1.56 bits per heavy atom. The highest BCUT2D eigenvalue weighted by Crippen LogP contribution is 2.32. The van der Waals surface area contributed by atoms with Crippen LogP contribution < -0.4 is 23.8 Å². The molecule has 0 aliphatic rings. The summed E-state index contributed by atoms with van der Waals surface area (Å²) in [7, 11) is 0.140. The molecule has 0 aromatic heterocycles. The van der Waals surface area contributed by atoms with Gasteiger partial charge in [-0.2, -0.15) is 0 Å². The fourth-order valence-electron chi connectivity index (χ4n) is 4.36. The molecule has 2 amide bonds. The summed E-state index contributed by atoms with van der Waals surface area (Å²) in [5.74, 6) is 0.298. The van der Waals surface area contributed by atoms with Crippen molar-refractivity contribution in [2.75, 3.05) is 32.2 Å². The Morgan fingerprint density at radius 3 is 2.16 bits per heavy atom. The normalized spacial score (nSPS) is 12.5. The monoisotopic (exact) mass is 611 g/mol. The first-order chi connectivity index (χ1) is 20.4. The van der Waals surface area contributed by atoms with Gasteiger partial charge in [-0.3, -0.25) is 13.9 Å². The maximum Gasteiger partial charge on any atom is 0.264 e. The van der Waals surface area contributed by atoms with Gasteiger partial charge < -0.3 is 24.4 Å². The number of rotatable bonds is 14. The molecule has 0 radical (unpaired) electrons. The van der Waals surface area contributed by atoms with Crippen LogP contribution >= 0.6 is 0 Å². The molecule has 0 saturated carbocycles. The third kappa shape index (κ3) is 8.19. The van der Waals surface area contributed by atoms with Gasteiger partial charge >= 0.3 is 0 Å². The molecule has 0 aliphatic heterocycles. The van der Waals surface area contributed by atoms with Crippen molar-refractivity contribution in [2.45, 2.75) is 57.6 Å². The van der Waals surface area contributed by atoms with E-state index in [4.69, 9.17) is 14.2 Å². The molecule has 0 spiro atoms. The summed E-state index contributed by atoms with van der Waals surface area (Å²) in [5, 5.41) is 2.93. The molecule has 232 valence electrons. The van der Waals surface area contributed by atoms with Gasteiger partial charge in [-0.1, -0.05) is 36.8 Å². The van der Waals surface area contributed by atoms with Crippen LogP contribution in [0.25, 0.3) is 0 Å². The smallest absolute Gasteiger partial charge is 0.264 e. The van der Waals surface area contributed by atoms with E-state index in [0.717, 1.165) is 15.4 Å². The minimum absolute atomic E-state index is 0.0588. The van der Waals surface area contributed by atoms with E-state index in [0.29, 0.717) is 23.6 Å². The predicted octanol–water partition coefficient (Wildman–Crippen LogP) is 4.55. The van der Waals surface area contributed by atoms with Crippen molar-refractivity contribution in [1.29, 1.82) is 0 Å². The summed E-state index contributed by atoms with van der Waals surface area (Å²) in [6.45, 7) is 6.86. The molecule has 10 nitrogen and oxygen atoms in total. The SMILES string of the molecule is CC[C@@H](C)NC(=O)[C@H](C)N(Cc1cccc(OC)c1)C(=O)CN(c1ccc(C)cc1)S(=O)(=O)c1ccc(OC)c(OC)c1. The van der Waals surface area contributed by atoms with Crippen LogP contribution in [0.5, 0.6) is 17.2 Å². The minimum atomic E-state index is -4.28. The summed E-state index contributed by atoms with van der Waals surface area (Å²) in [6, 6.07) is 17.3. The molecule has 0 fully saturated rings. The van der Waals surface area contributed by atoms with Crippen LogP contribution in [-0.4, -0.2) is 65.1 Å². The van der Waals surface area contributed by atoms with Crippen LogP contribution in [0.3, 0.4) is 0 Å². The van der Waals surface area contributed by atoms with Crippen molar-refractivity contribution in [1.82, 2.24) is 10.2 Å². The van der Waals surface area contributed by atoms with Crippen molar-refractivity contribution < 1.29 is 32.2 Å². The Balaban J connectivity index is 2.07. The second kappa shape index (κ2) is 14.8. The molecule has 2 atom stereocenters. The summed E-state index contributed by atoms with van der Waals surface area (Å²) in [4.78, 5) is 28.6. The van der Waals surface area contributed by atoms with Crippen LogP contribution in [0.4, 0.5) is 5.69 Å². The second-order valence-electron chi connectivity index (χ2n) is 10.2. The van der Waals surface area contributed by atoms with Crippen molar-refractivity contribution in [3.05, 3.63) is 77.9 Å². The topological polar surface area (TPSA) is 114 Å². The van der Waals surface area contributed by atoms with Gasteiger partial charge in [-0.15, -0.1) is 0 Å². The number of sulfonamides is 1. The molecular weight excluding hydrogens is 570 g/mol. The van der Waals surface area contributed by atoms with Crippen molar-refractivity contribution in [3.63, 3.8) is 0 Å². The number of amides is 2. The lowest BCUT2D eigenvalue weighted by molar-refractivity contribution is -0.139. The van der Waals surface area contributed by atoms with Gasteiger partial charge in [0, 0.05) is 18.7 Å². The zero-order chi connectivity index (χ0) is 31.7. The lowest BCUT2D eigenvalue weighted by Gasteiger charge is -2.32. The van der Waals surface area contributed by atoms with E-state index in [1.54, 1.807) is 56.5 Å². The first-order valence-corrected chi connectivity index (χ1v) is 15.4. The Kier molecular flexibility index (Phi) is 11.4. The molecule has 0 unspecified atom stereocenters. The quantitative estimate of drug-likeness (QED) is 0.285. The number of benzene rings is 3. The van der Waals surface area contributed by atoms with E-state index in [9.17, 15) is 18.0 Å². The van der Waals surface area contributed by atoms with E-state index in [-0.39, 0.29) is 29.1 Å². The van der Waals surface area contributed by atoms with Crippen LogP contribution in [0.1, 0.15) is 38.3 Å². The molecule has 0 saturated heterocycles. The first-order valence-electron chi connectivity index (χ1n) is 14.0. The van der Waals surface area contributed by atoms with Gasteiger partial charge in [0.2, 0.25) is 11.8 Å². The van der Waals surface area contributed by atoms with Crippen molar-refractivity contribution in [2.24, 2.45) is 0 Å². The van der Waals surface area contributed by atoms with E-state index < -0.39 is 28.5 Å². The zero-order valence-electron chi connectivity index (χ0n) is 25.8. The number of hydrogen-bond donors (Lipinski definition) is 1. The third-order valence-corrected chi connectivity index (χ3v) is 8.97. The number of carbonyl (C=O) groups is 2. The number of hydrogen-bond acceptors (Lipinski definition) is 7. The molecular formula is C32H41N3O7S. The van der Waals surface area contributed by atoms with E-state index in [1.807, 2.05) is 26.8 Å². The average molecular weight is 612 g/mol. The largest absolute Gasteiger partial charge is 0.497 e. The lowest BCUT2D eigenvalue weighted by Crippen LogP contribution is -2.52. The highest BCUT2D eigenvalue weighted by molar-refractivity contribution is 7.92. The molecule has 3 aromatic rings. The Morgan fingerprint density at radius 1 is 0.884 bits per heavy atom. The molecule has 3 rings (SSSR count). The first kappa shape index (κ1) is 33.3. The van der Waals surface area contributed by atoms with Crippen molar-refractivity contribution in [3.8, 4) is 17.2 Å². The summed E-state index contributed by atoms with van der Waals surface area (Å²) < 4.78 is 45.3. The Hall–Kier alpha value is -4.25. The van der Waals surface area contributed by atoms with Crippen LogP contribution in [-0.2, 0) is 26.2 Å². The standard InChI is InChI=1S/C32H41N3O7S/c1-8-23(3)33-32(37)24(4)34(20-25-10-9-11-27(18-25)40-5)31(36)21-35(26-14-12-22(2)13-15-26)43(38,39)28-16-17-29(41-6)30(19-28)42-7/h9-19,23-24H,8,20-21H2,1-7H3,(H,33,37)/t23-,24+/m1/s1. The predicted molar refractivity (Wildman–Crippen MR) is 166 cm³/mol. The number of aryl methyl sites for hydroxylation is 1. The number of nitrogens with zero attached hydrogens (tertiary/aromatic N) is 2. The Labute approximate surface area is 254 Å². The fraction of sp³-hybridized carbons (Fsp3) is 0.375. The molecule has 0 aliphatic carbocycles. The maximum atomic E-state index is 14.1. The molecule has 11 heteroatoms. The van der Waals surface area contributed by atoms with Gasteiger partial charge in [-0.25, -0.2) is 8.42 Å². The molecule has 0 heterocycles. The number of nitrogens with one attached hydrogen (secondary N) is 1. The number of carbonyl (C=O) groups excluding carboxylic acids is 2. The van der Waals surface area contributed by atoms with E-state index in [1.165, 1.54) is 37.3 Å². The van der Waals surface area contributed by atoms with Gasteiger partial charge in [0.1, 0.15) is 18.3 Å². The number of methoxy groups -OCH3 is 3. The fourth-order valence-corrected chi connectivity index (χ4v) is 5.79. The third-order valence-electron chi connectivity index (χ3n) is 7.20. The van der Waals surface area contributed by atoms with Crippen molar-refractivity contribution >= 4 is 27.5 Å². The van der Waals surface area contributed by atoms with E-state index >= 15 is 0 Å². The van der Waals surface area contributed by atoms with Gasteiger partial charge in [0.25, 0.3) is 10.0 Å². The van der Waals surface area contributed by atoms with Crippen LogP contribution in [0.2, 0.25) is 0 Å². The van der Waals surface area contributed by atoms with Crippen LogP contribution in [0.15, 0.2) is 71.6 Å². The molecule has 3 aromatic carbocycles. The Bertz CT molecular complexity index is 1510. The number of anilines is 1. The van der Waals surface area contributed by atoms with E-state index in [2.05, 4.69) is 5.32 Å². The summed E-state index contributed by atoms with van der Waals surface area (Å²) in [5.41, 5.74) is 1.95. The average Bonchev–Trinajstić information content (AvgIpc) is 3.01. The van der Waals surface area contributed by atoms with Gasteiger partial charge in [-0.05, 0) is 69.2 Å². The zero-order valence-corrected chi connectivity index (χ0v) is 26.6. The number of ether oxygens (including phenoxy) is 3.